The van der Waals surface area contributed by atoms with Gasteiger partial charge in [0.15, 0.2) is 0 Å². The maximum Gasteiger partial charge on any atom is 0.238 e. The van der Waals surface area contributed by atoms with Crippen molar-refractivity contribution in [3.05, 3.63) is 65.7 Å². The molecule has 1 atom stereocenters. The average molecular weight is 394 g/mol. The molecule has 3 rings (SSSR count). The van der Waals surface area contributed by atoms with E-state index in [1.165, 1.54) is 0 Å². The molecule has 0 radical (unpaired) electrons. The van der Waals surface area contributed by atoms with Gasteiger partial charge in [-0.3, -0.25) is 9.59 Å². The highest BCUT2D eigenvalue weighted by atomic mass is 16.2. The van der Waals surface area contributed by atoms with Crippen LogP contribution in [0.3, 0.4) is 0 Å². The van der Waals surface area contributed by atoms with Crippen LogP contribution in [0.2, 0.25) is 0 Å². The van der Waals surface area contributed by atoms with E-state index in [9.17, 15) is 9.59 Å². The highest BCUT2D eigenvalue weighted by Crippen LogP contribution is 2.45. The van der Waals surface area contributed by atoms with Crippen LogP contribution in [0.25, 0.3) is 0 Å². The molecule has 2 amide bonds. The first kappa shape index (κ1) is 21.1. The molecule has 29 heavy (non-hydrogen) atoms. The van der Waals surface area contributed by atoms with Crippen molar-refractivity contribution in [3.63, 3.8) is 0 Å². The minimum Gasteiger partial charge on any atom is -0.350 e. The number of nitrogens with zero attached hydrogens (tertiary/aromatic N) is 2. The van der Waals surface area contributed by atoms with Gasteiger partial charge in [0.2, 0.25) is 11.8 Å². The van der Waals surface area contributed by atoms with Gasteiger partial charge in [-0.25, -0.2) is 0 Å². The maximum absolute atomic E-state index is 13.5. The Morgan fingerprint density at radius 2 is 1.69 bits per heavy atom. The molecule has 1 heterocycles. The number of hydrogen-bond acceptors (Lipinski definition) is 3. The molecule has 154 valence electrons. The Balaban J connectivity index is 1.97. The molecular formula is C24H31N3O2. The maximum atomic E-state index is 13.5. The fourth-order valence-corrected chi connectivity index (χ4v) is 4.59. The summed E-state index contributed by atoms with van der Waals surface area (Å²) < 4.78 is 0. The summed E-state index contributed by atoms with van der Waals surface area (Å²) in [6.45, 7) is 4.73. The minimum atomic E-state index is -0.898. The second-order valence-electron chi connectivity index (χ2n) is 8.97. The van der Waals surface area contributed by atoms with E-state index in [0.717, 1.165) is 23.4 Å². The molecule has 5 nitrogen and oxygen atoms in total. The highest BCUT2D eigenvalue weighted by molar-refractivity contribution is 6.10. The molecule has 0 aliphatic carbocycles. The molecule has 0 saturated carbocycles. The Morgan fingerprint density at radius 3 is 2.34 bits per heavy atom. The van der Waals surface area contributed by atoms with Gasteiger partial charge in [0, 0.05) is 31.2 Å². The summed E-state index contributed by atoms with van der Waals surface area (Å²) in [5, 5.41) is 3.14. The summed E-state index contributed by atoms with van der Waals surface area (Å²) >= 11 is 0. The van der Waals surface area contributed by atoms with Gasteiger partial charge in [-0.2, -0.15) is 0 Å². The van der Waals surface area contributed by atoms with Crippen molar-refractivity contribution in [3.8, 4) is 0 Å². The lowest BCUT2D eigenvalue weighted by Crippen LogP contribution is -2.52. The van der Waals surface area contributed by atoms with Crippen molar-refractivity contribution >= 4 is 17.5 Å². The van der Waals surface area contributed by atoms with Gasteiger partial charge in [-0.15, -0.1) is 0 Å². The lowest BCUT2D eigenvalue weighted by molar-refractivity contribution is -0.130. The van der Waals surface area contributed by atoms with Crippen LogP contribution >= 0.6 is 0 Å². The van der Waals surface area contributed by atoms with Gasteiger partial charge in [0.25, 0.3) is 0 Å². The molecular weight excluding hydrogens is 362 g/mol. The van der Waals surface area contributed by atoms with E-state index in [1.807, 2.05) is 87.4 Å². The number of carbonyl (C=O) groups excluding carboxylic acids is 2. The molecule has 1 N–H and O–H groups in total. The van der Waals surface area contributed by atoms with Crippen LogP contribution in [0.15, 0.2) is 54.6 Å². The topological polar surface area (TPSA) is 52.7 Å². The molecule has 0 saturated heterocycles. The number of rotatable bonds is 7. The monoisotopic (exact) mass is 393 g/mol. The molecule has 0 aromatic heterocycles. The van der Waals surface area contributed by atoms with Gasteiger partial charge < -0.3 is 15.1 Å². The second-order valence-corrected chi connectivity index (χ2v) is 8.97. The molecule has 0 spiro atoms. The molecule has 2 aromatic carbocycles. The van der Waals surface area contributed by atoms with Crippen LogP contribution in [0, 0.1) is 0 Å². The molecule has 5 heteroatoms. The number of carbonyl (C=O) groups is 2. The molecule has 1 aliphatic rings. The molecule has 0 fully saturated rings. The van der Waals surface area contributed by atoms with Crippen molar-refractivity contribution in [2.75, 3.05) is 32.6 Å². The van der Waals surface area contributed by atoms with E-state index < -0.39 is 5.41 Å². The highest BCUT2D eigenvalue weighted by Gasteiger charge is 2.51. The van der Waals surface area contributed by atoms with Crippen LogP contribution in [-0.4, -0.2) is 49.9 Å². The Bertz CT molecular complexity index is 892. The van der Waals surface area contributed by atoms with E-state index in [0.29, 0.717) is 6.42 Å². The quantitative estimate of drug-likeness (QED) is 0.787. The number of benzene rings is 2. The van der Waals surface area contributed by atoms with Gasteiger partial charge in [0.1, 0.15) is 0 Å². The molecule has 1 unspecified atom stereocenters. The zero-order valence-electron chi connectivity index (χ0n) is 18.0. The van der Waals surface area contributed by atoms with Crippen molar-refractivity contribution in [2.45, 2.75) is 37.6 Å². The van der Waals surface area contributed by atoms with E-state index in [4.69, 9.17) is 0 Å². The Kier molecular flexibility index (Phi) is 5.80. The SMILES string of the molecule is CN(C)CC(C)(C)NC(=O)CC1(Cc2ccccc2)C(=O)N(C)c2ccccc21. The fraction of sp³-hybridized carbons (Fsp3) is 0.417. The van der Waals surface area contributed by atoms with Gasteiger partial charge in [0.05, 0.1) is 5.41 Å². The number of fused-ring (bicyclic) bond motifs is 1. The number of hydrogen-bond donors (Lipinski definition) is 1. The van der Waals surface area contributed by atoms with Gasteiger partial charge >= 0.3 is 0 Å². The summed E-state index contributed by atoms with van der Waals surface area (Å²) in [6.07, 6.45) is 0.620. The lowest BCUT2D eigenvalue weighted by Gasteiger charge is -2.33. The van der Waals surface area contributed by atoms with Crippen LogP contribution in [0.4, 0.5) is 5.69 Å². The van der Waals surface area contributed by atoms with Crippen LogP contribution < -0.4 is 10.2 Å². The van der Waals surface area contributed by atoms with E-state index >= 15 is 0 Å². The predicted molar refractivity (Wildman–Crippen MR) is 117 cm³/mol. The van der Waals surface area contributed by atoms with E-state index in [-0.39, 0.29) is 23.8 Å². The summed E-state index contributed by atoms with van der Waals surface area (Å²) in [5.41, 5.74) is 1.57. The first-order valence-corrected chi connectivity index (χ1v) is 10.0. The zero-order chi connectivity index (χ0) is 21.2. The standard InChI is InChI=1S/C24H31N3O2/c1-23(2,17-26(3)4)25-21(28)16-24(15-18-11-7-6-8-12-18)19-13-9-10-14-20(19)27(5)22(24)29/h6-14H,15-17H2,1-5H3,(H,25,28). The number of para-hydroxylation sites is 1. The summed E-state index contributed by atoms with van der Waals surface area (Å²) in [6, 6.07) is 17.7. The van der Waals surface area contributed by atoms with Crippen LogP contribution in [0.1, 0.15) is 31.4 Å². The van der Waals surface area contributed by atoms with Gasteiger partial charge in [-0.1, -0.05) is 48.5 Å². The number of anilines is 1. The predicted octanol–water partition coefficient (Wildman–Crippen LogP) is 2.99. The molecule has 2 aromatic rings. The zero-order valence-corrected chi connectivity index (χ0v) is 18.0. The Morgan fingerprint density at radius 1 is 1.07 bits per heavy atom. The van der Waals surface area contributed by atoms with E-state index in [1.54, 1.807) is 11.9 Å². The number of nitrogens with one attached hydrogen (secondary N) is 1. The molecule has 1 aliphatic heterocycles. The minimum absolute atomic E-state index is 0.0249. The van der Waals surface area contributed by atoms with Crippen molar-refractivity contribution in [2.24, 2.45) is 0 Å². The lowest BCUT2D eigenvalue weighted by atomic mass is 9.73. The third-order valence-corrected chi connectivity index (χ3v) is 5.50. The third-order valence-electron chi connectivity index (χ3n) is 5.50. The van der Waals surface area contributed by atoms with Crippen molar-refractivity contribution < 1.29 is 9.59 Å². The molecule has 0 bridgehead atoms. The first-order chi connectivity index (χ1) is 13.6. The van der Waals surface area contributed by atoms with Crippen molar-refractivity contribution in [1.29, 1.82) is 0 Å². The van der Waals surface area contributed by atoms with Crippen molar-refractivity contribution in [1.82, 2.24) is 10.2 Å². The summed E-state index contributed by atoms with van der Waals surface area (Å²) in [5.74, 6) is -0.130. The summed E-state index contributed by atoms with van der Waals surface area (Å²) in [7, 11) is 5.76. The number of likely N-dealkylation sites (N-methyl/N-ethyl adjacent to an activating group) is 2. The normalized spacial score (nSPS) is 18.8. The number of amides is 2. The Hall–Kier alpha value is -2.66. The van der Waals surface area contributed by atoms with E-state index in [2.05, 4.69) is 5.32 Å². The largest absolute Gasteiger partial charge is 0.350 e. The average Bonchev–Trinajstić information content (AvgIpc) is 2.83. The van der Waals surface area contributed by atoms with Crippen LogP contribution in [-0.2, 0) is 21.4 Å². The fourth-order valence-electron chi connectivity index (χ4n) is 4.59. The first-order valence-electron chi connectivity index (χ1n) is 10.0. The third kappa shape index (κ3) is 4.35. The Labute approximate surface area is 173 Å². The summed E-state index contributed by atoms with van der Waals surface area (Å²) in [4.78, 5) is 30.4. The smallest absolute Gasteiger partial charge is 0.238 e. The van der Waals surface area contributed by atoms with Gasteiger partial charge in [-0.05, 0) is 51.6 Å². The van der Waals surface area contributed by atoms with Crippen LogP contribution in [0.5, 0.6) is 0 Å². The second kappa shape index (κ2) is 7.99.